The van der Waals surface area contributed by atoms with Crippen LogP contribution in [0.15, 0.2) is 12.4 Å². The van der Waals surface area contributed by atoms with Gasteiger partial charge >= 0.3 is 0 Å². The fourth-order valence-electron chi connectivity index (χ4n) is 1.90. The minimum absolute atomic E-state index is 0.0647. The molecule has 6 heteroatoms. The lowest BCUT2D eigenvalue weighted by atomic mass is 10.2. The summed E-state index contributed by atoms with van der Waals surface area (Å²) in [5.74, 6) is 0.0647. The number of nitrogens with two attached hydrogens (primary N) is 1. The number of carbonyl (C=O) groups excluding carboxylic acids is 1. The van der Waals surface area contributed by atoms with E-state index in [-0.39, 0.29) is 18.6 Å². The van der Waals surface area contributed by atoms with Crippen molar-refractivity contribution >= 4 is 11.6 Å². The fraction of sp³-hybridized carbons (Fsp3) is 0.636. The van der Waals surface area contributed by atoms with Crippen molar-refractivity contribution in [1.29, 1.82) is 0 Å². The molecule has 1 saturated heterocycles. The summed E-state index contributed by atoms with van der Waals surface area (Å²) in [6.45, 7) is 4.25. The quantitative estimate of drug-likeness (QED) is 0.810. The van der Waals surface area contributed by atoms with Crippen molar-refractivity contribution in [2.45, 2.75) is 26.0 Å². The summed E-state index contributed by atoms with van der Waals surface area (Å²) in [6, 6.07) is 0. The van der Waals surface area contributed by atoms with E-state index in [0.29, 0.717) is 25.4 Å². The van der Waals surface area contributed by atoms with Crippen LogP contribution in [0.5, 0.6) is 0 Å². The highest BCUT2D eigenvalue weighted by Crippen LogP contribution is 2.09. The molecule has 94 valence electrons. The molecule has 0 aliphatic carbocycles. The van der Waals surface area contributed by atoms with Crippen molar-refractivity contribution in [3.05, 3.63) is 12.4 Å². The van der Waals surface area contributed by atoms with Gasteiger partial charge in [-0.25, -0.2) is 0 Å². The molecule has 1 atom stereocenters. The molecule has 17 heavy (non-hydrogen) atoms. The van der Waals surface area contributed by atoms with Gasteiger partial charge in [0.2, 0.25) is 5.91 Å². The van der Waals surface area contributed by atoms with Crippen LogP contribution in [-0.2, 0) is 16.1 Å². The Morgan fingerprint density at radius 1 is 1.71 bits per heavy atom. The van der Waals surface area contributed by atoms with Gasteiger partial charge in [0.15, 0.2) is 0 Å². The Morgan fingerprint density at radius 2 is 2.53 bits per heavy atom. The summed E-state index contributed by atoms with van der Waals surface area (Å²) in [7, 11) is 0. The minimum Gasteiger partial charge on any atom is -0.396 e. The first-order valence-electron chi connectivity index (χ1n) is 5.86. The van der Waals surface area contributed by atoms with Crippen molar-refractivity contribution in [3.63, 3.8) is 0 Å². The molecule has 0 spiro atoms. The molecule has 0 bridgehead atoms. The van der Waals surface area contributed by atoms with E-state index < -0.39 is 0 Å². The molecule has 0 radical (unpaired) electrons. The van der Waals surface area contributed by atoms with Gasteiger partial charge in [0.25, 0.3) is 0 Å². The lowest BCUT2D eigenvalue weighted by Crippen LogP contribution is -2.46. The van der Waals surface area contributed by atoms with Gasteiger partial charge in [-0.1, -0.05) is 6.92 Å². The van der Waals surface area contributed by atoms with Gasteiger partial charge in [-0.05, 0) is 6.42 Å². The topological polar surface area (TPSA) is 73.4 Å². The molecular formula is C11H18N4O2. The van der Waals surface area contributed by atoms with E-state index in [4.69, 9.17) is 10.5 Å². The van der Waals surface area contributed by atoms with Gasteiger partial charge in [0.1, 0.15) is 6.54 Å². The molecule has 1 aliphatic heterocycles. The minimum atomic E-state index is 0.0647. The molecule has 1 amide bonds. The second-order valence-corrected chi connectivity index (χ2v) is 4.21. The Bertz CT molecular complexity index is 391. The maximum absolute atomic E-state index is 12.0. The number of aromatic nitrogens is 2. The summed E-state index contributed by atoms with van der Waals surface area (Å²) in [5, 5.41) is 4.00. The summed E-state index contributed by atoms with van der Waals surface area (Å²) in [6.07, 6.45) is 4.30. The number of morpholine rings is 1. The van der Waals surface area contributed by atoms with E-state index >= 15 is 0 Å². The third-order valence-electron chi connectivity index (χ3n) is 2.90. The monoisotopic (exact) mass is 238 g/mol. The predicted octanol–water partition coefficient (Wildman–Crippen LogP) is 0.103. The molecule has 2 N–H and O–H groups in total. The van der Waals surface area contributed by atoms with Gasteiger partial charge in [-0.15, -0.1) is 0 Å². The largest absolute Gasteiger partial charge is 0.396 e. The van der Waals surface area contributed by atoms with Crippen LogP contribution in [0.1, 0.15) is 13.3 Å². The van der Waals surface area contributed by atoms with E-state index in [1.807, 2.05) is 4.90 Å². The molecule has 1 unspecified atom stereocenters. The summed E-state index contributed by atoms with van der Waals surface area (Å²) < 4.78 is 7.09. The molecule has 0 saturated carbocycles. The highest BCUT2D eigenvalue weighted by Gasteiger charge is 2.23. The van der Waals surface area contributed by atoms with Gasteiger partial charge in [-0.3, -0.25) is 9.48 Å². The summed E-state index contributed by atoms with van der Waals surface area (Å²) in [5.41, 5.74) is 6.12. The van der Waals surface area contributed by atoms with Gasteiger partial charge < -0.3 is 15.4 Å². The second kappa shape index (κ2) is 5.18. The molecule has 2 heterocycles. The lowest BCUT2D eigenvalue weighted by molar-refractivity contribution is -0.139. The van der Waals surface area contributed by atoms with Crippen LogP contribution < -0.4 is 5.73 Å². The zero-order valence-corrected chi connectivity index (χ0v) is 10.0. The first kappa shape index (κ1) is 11.9. The molecule has 1 aromatic heterocycles. The van der Waals surface area contributed by atoms with Crippen molar-refractivity contribution in [2.24, 2.45) is 0 Å². The van der Waals surface area contributed by atoms with Crippen LogP contribution in [0.4, 0.5) is 5.69 Å². The normalized spacial score (nSPS) is 20.5. The van der Waals surface area contributed by atoms with Crippen molar-refractivity contribution in [3.8, 4) is 0 Å². The smallest absolute Gasteiger partial charge is 0.244 e. The Labute approximate surface area is 100 Å². The first-order chi connectivity index (χ1) is 8.19. The number of rotatable bonds is 3. The van der Waals surface area contributed by atoms with E-state index in [0.717, 1.165) is 6.42 Å². The lowest BCUT2D eigenvalue weighted by Gasteiger charge is -2.32. The van der Waals surface area contributed by atoms with E-state index in [2.05, 4.69) is 12.0 Å². The molecule has 1 fully saturated rings. The van der Waals surface area contributed by atoms with Gasteiger partial charge in [0, 0.05) is 19.3 Å². The number of amides is 1. The fourth-order valence-corrected chi connectivity index (χ4v) is 1.90. The Kier molecular flexibility index (Phi) is 3.63. The van der Waals surface area contributed by atoms with Crippen LogP contribution in [0, 0.1) is 0 Å². The second-order valence-electron chi connectivity index (χ2n) is 4.21. The average molecular weight is 238 g/mol. The predicted molar refractivity (Wildman–Crippen MR) is 63.3 cm³/mol. The molecule has 6 nitrogen and oxygen atoms in total. The molecule has 0 aromatic carbocycles. The van der Waals surface area contributed by atoms with Gasteiger partial charge in [-0.2, -0.15) is 5.10 Å². The summed E-state index contributed by atoms with van der Waals surface area (Å²) >= 11 is 0. The first-order valence-corrected chi connectivity index (χ1v) is 5.86. The SMILES string of the molecule is CCC1CN(C(=O)Cn2cc(N)cn2)CCO1. The third kappa shape index (κ3) is 2.97. The van der Waals surface area contributed by atoms with E-state index in [9.17, 15) is 4.79 Å². The van der Waals surface area contributed by atoms with Crippen molar-refractivity contribution in [2.75, 3.05) is 25.4 Å². The third-order valence-corrected chi connectivity index (χ3v) is 2.90. The molecule has 2 rings (SSSR count). The Hall–Kier alpha value is -1.56. The molecule has 1 aliphatic rings. The van der Waals surface area contributed by atoms with Crippen molar-refractivity contribution < 1.29 is 9.53 Å². The van der Waals surface area contributed by atoms with E-state index in [1.165, 1.54) is 0 Å². The number of nitrogen functional groups attached to an aromatic ring is 1. The van der Waals surface area contributed by atoms with Crippen LogP contribution in [0.25, 0.3) is 0 Å². The standard InChI is InChI=1S/C11H18N4O2/c1-2-10-7-14(3-4-17-10)11(16)8-15-6-9(12)5-13-15/h5-6,10H,2-4,7-8,12H2,1H3. The van der Waals surface area contributed by atoms with Crippen LogP contribution >= 0.6 is 0 Å². The average Bonchev–Trinajstić information content (AvgIpc) is 2.75. The zero-order valence-electron chi connectivity index (χ0n) is 10.0. The van der Waals surface area contributed by atoms with Crippen molar-refractivity contribution in [1.82, 2.24) is 14.7 Å². The maximum atomic E-state index is 12.0. The van der Waals surface area contributed by atoms with E-state index in [1.54, 1.807) is 17.1 Å². The number of ether oxygens (including phenoxy) is 1. The zero-order chi connectivity index (χ0) is 12.3. The Morgan fingerprint density at radius 3 is 3.18 bits per heavy atom. The number of anilines is 1. The number of hydrogen-bond acceptors (Lipinski definition) is 4. The molecule has 1 aromatic rings. The summed E-state index contributed by atoms with van der Waals surface area (Å²) in [4.78, 5) is 13.8. The maximum Gasteiger partial charge on any atom is 0.244 e. The molecular weight excluding hydrogens is 220 g/mol. The van der Waals surface area contributed by atoms with Crippen LogP contribution in [0.2, 0.25) is 0 Å². The highest BCUT2D eigenvalue weighted by atomic mass is 16.5. The number of hydrogen-bond donors (Lipinski definition) is 1. The number of carbonyl (C=O) groups is 1. The Balaban J connectivity index is 1.91. The van der Waals surface area contributed by atoms with Gasteiger partial charge in [0.05, 0.1) is 24.6 Å². The number of nitrogens with zero attached hydrogens (tertiary/aromatic N) is 3. The highest BCUT2D eigenvalue weighted by molar-refractivity contribution is 5.76. The van der Waals surface area contributed by atoms with Crippen LogP contribution in [0.3, 0.4) is 0 Å². The van der Waals surface area contributed by atoms with Crippen LogP contribution in [-0.4, -0.2) is 46.4 Å².